The van der Waals surface area contributed by atoms with Crippen molar-refractivity contribution in [2.24, 2.45) is 11.8 Å². The van der Waals surface area contributed by atoms with Crippen LogP contribution in [0.2, 0.25) is 0 Å². The molecule has 0 bridgehead atoms. The molecule has 0 aliphatic heterocycles. The van der Waals surface area contributed by atoms with E-state index < -0.39 is 11.2 Å². The molecule has 0 atom stereocenters. The molecule has 1 aromatic carbocycles. The highest BCUT2D eigenvalue weighted by atomic mass is 16.5. The van der Waals surface area contributed by atoms with Gasteiger partial charge in [-0.15, -0.1) is 0 Å². The van der Waals surface area contributed by atoms with E-state index >= 15 is 0 Å². The summed E-state index contributed by atoms with van der Waals surface area (Å²) >= 11 is 0. The van der Waals surface area contributed by atoms with Crippen LogP contribution in [0.25, 0.3) is 0 Å². The van der Waals surface area contributed by atoms with Crippen LogP contribution >= 0.6 is 0 Å². The number of hydrogen-bond acceptors (Lipinski definition) is 5. The lowest BCUT2D eigenvalue weighted by molar-refractivity contribution is -0.118. The Balaban J connectivity index is 2.43. The van der Waals surface area contributed by atoms with Gasteiger partial charge in [0.25, 0.3) is 5.56 Å². The molecule has 0 spiro atoms. The highest BCUT2D eigenvalue weighted by Gasteiger charge is 2.25. The molecule has 0 fully saturated rings. The molecule has 2 aromatic rings. The van der Waals surface area contributed by atoms with Crippen LogP contribution in [0.1, 0.15) is 40.2 Å². The van der Waals surface area contributed by atoms with Gasteiger partial charge < -0.3 is 15.4 Å². The van der Waals surface area contributed by atoms with E-state index in [2.05, 4.69) is 4.98 Å². The summed E-state index contributed by atoms with van der Waals surface area (Å²) in [6.45, 7) is 10.9. The summed E-state index contributed by atoms with van der Waals surface area (Å²) < 4.78 is 6.75. The summed E-state index contributed by atoms with van der Waals surface area (Å²) in [6, 6.07) is 7.26. The van der Waals surface area contributed by atoms with E-state index in [1.807, 2.05) is 58.9 Å². The third-order valence-electron chi connectivity index (χ3n) is 4.47. The minimum absolute atomic E-state index is 0.0122. The number of nitrogen functional groups attached to an aromatic ring is 1. The molecular weight excluding hydrogens is 384 g/mol. The number of aromatic amines is 1. The monoisotopic (exact) mass is 416 g/mol. The third-order valence-corrected chi connectivity index (χ3v) is 4.47. The second kappa shape index (κ2) is 10.1. The number of carbonyl (C=O) groups excluding carboxylic acids is 1. The Hall–Kier alpha value is -3.03. The lowest BCUT2D eigenvalue weighted by atomic mass is 10.1. The zero-order valence-electron chi connectivity index (χ0n) is 18.4. The number of nitrogens with one attached hydrogen (secondary N) is 1. The standard InChI is InChI=1S/C22H32N4O4/c1-6-30-17-9-7-16(8-10-17)11-18(27)25(12-14(2)3)19-20(23)26(13-15(4)5)22(29)24-21(19)28/h7-10,14-15H,6,11-13,23H2,1-5H3,(H,24,28,29). The Morgan fingerprint density at radius 2 is 1.77 bits per heavy atom. The van der Waals surface area contributed by atoms with Crippen LogP contribution < -0.4 is 26.6 Å². The Kier molecular flexibility index (Phi) is 7.86. The molecule has 1 aromatic heterocycles. The van der Waals surface area contributed by atoms with Gasteiger partial charge in [-0.2, -0.15) is 0 Å². The SMILES string of the molecule is CCOc1ccc(CC(=O)N(CC(C)C)c2c(N)n(CC(C)C)c(=O)[nH]c2=O)cc1. The summed E-state index contributed by atoms with van der Waals surface area (Å²) in [4.78, 5) is 41.8. The van der Waals surface area contributed by atoms with E-state index in [-0.39, 0.29) is 35.7 Å². The molecular formula is C22H32N4O4. The molecule has 3 N–H and O–H groups in total. The van der Waals surface area contributed by atoms with Gasteiger partial charge in [-0.25, -0.2) is 4.79 Å². The van der Waals surface area contributed by atoms with Gasteiger partial charge in [0.05, 0.1) is 13.0 Å². The molecule has 164 valence electrons. The molecule has 0 radical (unpaired) electrons. The first-order chi connectivity index (χ1) is 14.1. The number of H-pyrrole nitrogens is 1. The van der Waals surface area contributed by atoms with Crippen LogP contribution in [0.4, 0.5) is 11.5 Å². The fourth-order valence-corrected chi connectivity index (χ4v) is 3.21. The zero-order valence-corrected chi connectivity index (χ0v) is 18.4. The zero-order chi connectivity index (χ0) is 22.4. The number of nitrogens with two attached hydrogens (primary N) is 1. The quantitative estimate of drug-likeness (QED) is 0.652. The van der Waals surface area contributed by atoms with Gasteiger partial charge in [-0.1, -0.05) is 39.8 Å². The largest absolute Gasteiger partial charge is 0.494 e. The van der Waals surface area contributed by atoms with Crippen LogP contribution in [0, 0.1) is 11.8 Å². The Morgan fingerprint density at radius 1 is 1.13 bits per heavy atom. The van der Waals surface area contributed by atoms with Crippen molar-refractivity contribution >= 4 is 17.4 Å². The maximum absolute atomic E-state index is 13.2. The lowest BCUT2D eigenvalue weighted by Crippen LogP contribution is -2.43. The molecule has 1 heterocycles. The molecule has 0 saturated heterocycles. The summed E-state index contributed by atoms with van der Waals surface area (Å²) in [5.74, 6) is 0.715. The first-order valence-corrected chi connectivity index (χ1v) is 10.3. The van der Waals surface area contributed by atoms with E-state index in [0.717, 1.165) is 11.3 Å². The first kappa shape index (κ1) is 23.3. The van der Waals surface area contributed by atoms with E-state index in [9.17, 15) is 14.4 Å². The van der Waals surface area contributed by atoms with Crippen LogP contribution in [-0.2, 0) is 17.8 Å². The fraction of sp³-hybridized carbons (Fsp3) is 0.500. The van der Waals surface area contributed by atoms with Gasteiger partial charge in [-0.05, 0) is 36.5 Å². The molecule has 0 unspecified atom stereocenters. The molecule has 8 nitrogen and oxygen atoms in total. The van der Waals surface area contributed by atoms with E-state index in [0.29, 0.717) is 19.7 Å². The minimum atomic E-state index is -0.654. The van der Waals surface area contributed by atoms with Crippen LogP contribution in [-0.4, -0.2) is 28.6 Å². The van der Waals surface area contributed by atoms with E-state index in [4.69, 9.17) is 10.5 Å². The molecule has 8 heteroatoms. The molecule has 0 saturated carbocycles. The predicted octanol–water partition coefficient (Wildman–Crippen LogP) is 2.41. The Bertz CT molecular complexity index is 974. The molecule has 1 amide bonds. The highest BCUT2D eigenvalue weighted by molar-refractivity contribution is 5.96. The van der Waals surface area contributed by atoms with E-state index in [1.54, 1.807) is 0 Å². The summed E-state index contributed by atoms with van der Waals surface area (Å²) in [7, 11) is 0. The highest BCUT2D eigenvalue weighted by Crippen LogP contribution is 2.21. The number of rotatable bonds is 9. The fourth-order valence-electron chi connectivity index (χ4n) is 3.21. The lowest BCUT2D eigenvalue weighted by Gasteiger charge is -2.26. The van der Waals surface area contributed by atoms with Gasteiger partial charge >= 0.3 is 5.69 Å². The molecule has 2 rings (SSSR count). The number of aromatic nitrogens is 2. The number of carbonyl (C=O) groups is 1. The second-order valence-electron chi connectivity index (χ2n) is 8.15. The number of nitrogens with zero attached hydrogens (tertiary/aromatic N) is 2. The van der Waals surface area contributed by atoms with Crippen molar-refractivity contribution in [1.82, 2.24) is 9.55 Å². The first-order valence-electron chi connectivity index (χ1n) is 10.3. The Labute approximate surface area is 176 Å². The third kappa shape index (κ3) is 5.75. The normalized spacial score (nSPS) is 11.2. The number of ether oxygens (including phenoxy) is 1. The van der Waals surface area contributed by atoms with Crippen molar-refractivity contribution in [3.63, 3.8) is 0 Å². The summed E-state index contributed by atoms with van der Waals surface area (Å²) in [5, 5.41) is 0. The number of benzene rings is 1. The smallest absolute Gasteiger partial charge is 0.330 e. The van der Waals surface area contributed by atoms with Gasteiger partial charge in [0.15, 0.2) is 5.69 Å². The topological polar surface area (TPSA) is 110 Å². The molecule has 0 aliphatic rings. The predicted molar refractivity (Wildman–Crippen MR) is 119 cm³/mol. The van der Waals surface area contributed by atoms with Crippen molar-refractivity contribution in [3.8, 4) is 5.75 Å². The van der Waals surface area contributed by atoms with Gasteiger partial charge in [0, 0.05) is 13.1 Å². The van der Waals surface area contributed by atoms with Crippen molar-refractivity contribution in [3.05, 3.63) is 50.7 Å². The van der Waals surface area contributed by atoms with Crippen LogP contribution in [0.5, 0.6) is 5.75 Å². The van der Waals surface area contributed by atoms with Crippen LogP contribution in [0.15, 0.2) is 33.9 Å². The number of anilines is 2. The van der Waals surface area contributed by atoms with Crippen molar-refractivity contribution in [2.75, 3.05) is 23.8 Å². The summed E-state index contributed by atoms with van der Waals surface area (Å²) in [6.07, 6.45) is 0.0985. The Morgan fingerprint density at radius 3 is 2.30 bits per heavy atom. The van der Waals surface area contributed by atoms with Gasteiger partial charge in [-0.3, -0.25) is 19.1 Å². The second-order valence-corrected chi connectivity index (χ2v) is 8.15. The maximum Gasteiger partial charge on any atom is 0.330 e. The molecule has 0 aliphatic carbocycles. The van der Waals surface area contributed by atoms with Crippen molar-refractivity contribution in [1.29, 1.82) is 0 Å². The van der Waals surface area contributed by atoms with Crippen molar-refractivity contribution < 1.29 is 9.53 Å². The number of amides is 1. The minimum Gasteiger partial charge on any atom is -0.494 e. The number of hydrogen-bond donors (Lipinski definition) is 2. The molecule has 30 heavy (non-hydrogen) atoms. The average molecular weight is 417 g/mol. The summed E-state index contributed by atoms with van der Waals surface area (Å²) in [5.41, 5.74) is 5.82. The van der Waals surface area contributed by atoms with Gasteiger partial charge in [0.1, 0.15) is 11.6 Å². The van der Waals surface area contributed by atoms with Crippen molar-refractivity contribution in [2.45, 2.75) is 47.6 Å². The van der Waals surface area contributed by atoms with Crippen LogP contribution in [0.3, 0.4) is 0 Å². The average Bonchev–Trinajstić information content (AvgIpc) is 2.65. The van der Waals surface area contributed by atoms with Gasteiger partial charge in [0.2, 0.25) is 5.91 Å². The maximum atomic E-state index is 13.2. The van der Waals surface area contributed by atoms with E-state index in [1.165, 1.54) is 9.47 Å².